The van der Waals surface area contributed by atoms with Crippen molar-refractivity contribution >= 4 is 23.5 Å². The summed E-state index contributed by atoms with van der Waals surface area (Å²) >= 11 is 3.25. The molecular weight excluding hydrogens is 420 g/mol. The summed E-state index contributed by atoms with van der Waals surface area (Å²) in [6.07, 6.45) is 1.91. The molecule has 1 aromatic heterocycles. The second kappa shape index (κ2) is 12.0. The fourth-order valence-electron chi connectivity index (χ4n) is 3.14. The van der Waals surface area contributed by atoms with E-state index in [0.717, 1.165) is 28.1 Å². The monoisotopic (exact) mass is 448 g/mol. The lowest BCUT2D eigenvalue weighted by molar-refractivity contribution is 0.225. The van der Waals surface area contributed by atoms with Crippen molar-refractivity contribution in [1.82, 2.24) is 4.98 Å². The summed E-state index contributed by atoms with van der Waals surface area (Å²) in [5.74, 6) is 2.30. The third-order valence-electron chi connectivity index (χ3n) is 4.90. The van der Waals surface area contributed by atoms with E-state index >= 15 is 0 Å². The molecule has 0 radical (unpaired) electrons. The summed E-state index contributed by atoms with van der Waals surface area (Å²) in [7, 11) is 0. The lowest BCUT2D eigenvalue weighted by Gasteiger charge is -2.14. The van der Waals surface area contributed by atoms with Crippen LogP contribution in [0.4, 0.5) is 0 Å². The van der Waals surface area contributed by atoms with Gasteiger partial charge in [-0.3, -0.25) is 0 Å². The number of aryl methyl sites for hydroxylation is 1. The molecule has 0 amide bonds. The molecule has 3 rings (SSSR count). The standard InChI is InChI=1S/C26H28N2OS2/c1-3-4-14-30-17-22(29)18-31-26-24(16-27)23(20-12-10-19(2)11-13-20)15-25(28-26)21-8-6-5-7-9-21/h5-13,15,22,29H,3-4,14,17-18H2,1-2H3/t22-/m1/s1. The average molecular weight is 449 g/mol. The molecule has 0 bridgehead atoms. The van der Waals surface area contributed by atoms with Crippen LogP contribution in [0.1, 0.15) is 30.9 Å². The minimum atomic E-state index is -0.427. The molecule has 2 aromatic carbocycles. The van der Waals surface area contributed by atoms with Gasteiger partial charge >= 0.3 is 0 Å². The predicted molar refractivity (Wildman–Crippen MR) is 134 cm³/mol. The quantitative estimate of drug-likeness (QED) is 0.280. The maximum atomic E-state index is 10.4. The van der Waals surface area contributed by atoms with Crippen molar-refractivity contribution in [2.45, 2.75) is 37.8 Å². The normalized spacial score (nSPS) is 11.8. The maximum Gasteiger partial charge on any atom is 0.115 e. The number of aromatic nitrogens is 1. The lowest BCUT2D eigenvalue weighted by Crippen LogP contribution is -2.14. The molecule has 0 aliphatic heterocycles. The molecule has 5 heteroatoms. The minimum Gasteiger partial charge on any atom is -0.391 e. The number of aliphatic hydroxyl groups is 1. The van der Waals surface area contributed by atoms with Gasteiger partial charge in [0.25, 0.3) is 0 Å². The van der Waals surface area contributed by atoms with Gasteiger partial charge in [-0.2, -0.15) is 17.0 Å². The highest BCUT2D eigenvalue weighted by Crippen LogP contribution is 2.34. The summed E-state index contributed by atoms with van der Waals surface area (Å²) in [6, 6.07) is 22.6. The molecule has 3 aromatic rings. The van der Waals surface area contributed by atoms with Crippen LogP contribution < -0.4 is 0 Å². The Morgan fingerprint density at radius 3 is 2.45 bits per heavy atom. The van der Waals surface area contributed by atoms with E-state index in [1.165, 1.54) is 30.2 Å². The Morgan fingerprint density at radius 2 is 1.77 bits per heavy atom. The molecule has 0 aliphatic carbocycles. The third-order valence-corrected chi connectivity index (χ3v) is 7.21. The topological polar surface area (TPSA) is 56.9 Å². The Hall–Kier alpha value is -2.26. The van der Waals surface area contributed by atoms with Gasteiger partial charge in [-0.15, -0.1) is 11.8 Å². The molecule has 0 saturated carbocycles. The highest BCUT2D eigenvalue weighted by molar-refractivity contribution is 8.00. The van der Waals surface area contributed by atoms with Crippen LogP contribution in [0, 0.1) is 18.3 Å². The van der Waals surface area contributed by atoms with Crippen LogP contribution in [0.15, 0.2) is 65.7 Å². The van der Waals surface area contributed by atoms with Crippen molar-refractivity contribution in [1.29, 1.82) is 5.26 Å². The van der Waals surface area contributed by atoms with Crippen LogP contribution in [-0.4, -0.2) is 33.5 Å². The molecule has 0 aliphatic rings. The van der Waals surface area contributed by atoms with Gasteiger partial charge in [0.2, 0.25) is 0 Å². The van der Waals surface area contributed by atoms with Crippen molar-refractivity contribution in [3.05, 3.63) is 71.8 Å². The second-order valence-corrected chi connectivity index (χ2v) is 9.63. The summed E-state index contributed by atoms with van der Waals surface area (Å²) in [5.41, 5.74) is 5.48. The minimum absolute atomic E-state index is 0.427. The molecule has 1 heterocycles. The maximum absolute atomic E-state index is 10.4. The molecule has 0 fully saturated rings. The predicted octanol–water partition coefficient (Wildman–Crippen LogP) is 6.58. The van der Waals surface area contributed by atoms with Crippen LogP contribution in [0.2, 0.25) is 0 Å². The van der Waals surface area contributed by atoms with Crippen molar-refractivity contribution in [3.8, 4) is 28.5 Å². The highest BCUT2D eigenvalue weighted by Gasteiger charge is 2.17. The summed E-state index contributed by atoms with van der Waals surface area (Å²) in [4.78, 5) is 4.82. The number of thioether (sulfide) groups is 2. The molecule has 31 heavy (non-hydrogen) atoms. The third kappa shape index (κ3) is 6.61. The van der Waals surface area contributed by atoms with E-state index in [1.807, 2.05) is 48.5 Å². The summed E-state index contributed by atoms with van der Waals surface area (Å²) in [6.45, 7) is 4.23. The number of hydrogen-bond donors (Lipinski definition) is 1. The largest absolute Gasteiger partial charge is 0.391 e. The number of aliphatic hydroxyl groups excluding tert-OH is 1. The Kier molecular flexibility index (Phi) is 9.02. The number of nitriles is 1. The van der Waals surface area contributed by atoms with E-state index in [-0.39, 0.29) is 0 Å². The molecule has 3 nitrogen and oxygen atoms in total. The smallest absolute Gasteiger partial charge is 0.115 e. The Labute approximate surface area is 193 Å². The molecular formula is C26H28N2OS2. The highest BCUT2D eigenvalue weighted by atomic mass is 32.2. The van der Waals surface area contributed by atoms with E-state index < -0.39 is 6.10 Å². The molecule has 160 valence electrons. The first-order valence-corrected chi connectivity index (χ1v) is 12.7. The van der Waals surface area contributed by atoms with Crippen molar-refractivity contribution in [3.63, 3.8) is 0 Å². The Bertz CT molecular complexity index is 1010. The fraction of sp³-hybridized carbons (Fsp3) is 0.308. The van der Waals surface area contributed by atoms with E-state index in [1.54, 1.807) is 11.8 Å². The van der Waals surface area contributed by atoms with Gasteiger partial charge in [0.05, 0.1) is 17.4 Å². The zero-order valence-electron chi connectivity index (χ0n) is 18.0. The van der Waals surface area contributed by atoms with Crippen molar-refractivity contribution in [2.24, 2.45) is 0 Å². The molecule has 0 saturated heterocycles. The van der Waals surface area contributed by atoms with Crippen LogP contribution in [0.25, 0.3) is 22.4 Å². The van der Waals surface area contributed by atoms with Crippen molar-refractivity contribution in [2.75, 3.05) is 17.3 Å². The molecule has 0 unspecified atom stereocenters. The van der Waals surface area contributed by atoms with Gasteiger partial charge in [-0.25, -0.2) is 4.98 Å². The van der Waals surface area contributed by atoms with Crippen molar-refractivity contribution < 1.29 is 5.11 Å². The Morgan fingerprint density at radius 1 is 1.03 bits per heavy atom. The second-order valence-electron chi connectivity index (χ2n) is 7.47. The number of pyridine rings is 1. The van der Waals surface area contributed by atoms with Crippen LogP contribution in [0.5, 0.6) is 0 Å². The zero-order valence-corrected chi connectivity index (χ0v) is 19.7. The number of rotatable bonds is 10. The zero-order chi connectivity index (χ0) is 22.1. The first-order chi connectivity index (χ1) is 15.1. The van der Waals surface area contributed by atoms with E-state index in [2.05, 4.69) is 32.0 Å². The summed E-state index contributed by atoms with van der Waals surface area (Å²) in [5, 5.41) is 21.1. The van der Waals surface area contributed by atoms with E-state index in [9.17, 15) is 10.4 Å². The number of hydrogen-bond acceptors (Lipinski definition) is 5. The van der Waals surface area contributed by atoms with Gasteiger partial charge in [0, 0.05) is 22.6 Å². The molecule has 1 N–H and O–H groups in total. The number of nitrogens with zero attached hydrogens (tertiary/aromatic N) is 2. The van der Waals surface area contributed by atoms with Gasteiger partial charge < -0.3 is 5.11 Å². The lowest BCUT2D eigenvalue weighted by atomic mass is 9.98. The van der Waals surface area contributed by atoms with Crippen LogP contribution >= 0.6 is 23.5 Å². The SMILES string of the molecule is CCCCSC[C@@H](O)CSc1nc(-c2ccccc2)cc(-c2ccc(C)cc2)c1C#N. The first-order valence-electron chi connectivity index (χ1n) is 10.6. The van der Waals surface area contributed by atoms with Gasteiger partial charge in [-0.1, -0.05) is 73.5 Å². The number of unbranched alkanes of at least 4 members (excludes halogenated alkanes) is 1. The fourth-order valence-corrected chi connectivity index (χ4v) is 5.27. The van der Waals surface area contributed by atoms with E-state index in [4.69, 9.17) is 4.98 Å². The molecule has 1 atom stereocenters. The Balaban J connectivity index is 1.92. The van der Waals surface area contributed by atoms with Crippen LogP contribution in [0.3, 0.4) is 0 Å². The molecule has 0 spiro atoms. The number of benzene rings is 2. The first kappa shape index (κ1) is 23.4. The van der Waals surface area contributed by atoms with Gasteiger partial charge in [0.15, 0.2) is 0 Å². The van der Waals surface area contributed by atoms with Gasteiger partial charge in [-0.05, 0) is 30.7 Å². The summed E-state index contributed by atoms with van der Waals surface area (Å²) < 4.78 is 0. The van der Waals surface area contributed by atoms with E-state index in [0.29, 0.717) is 22.1 Å². The van der Waals surface area contributed by atoms with Gasteiger partial charge in [0.1, 0.15) is 11.1 Å². The average Bonchev–Trinajstić information content (AvgIpc) is 2.81. The van der Waals surface area contributed by atoms with Crippen LogP contribution in [-0.2, 0) is 0 Å².